The summed E-state index contributed by atoms with van der Waals surface area (Å²) in [6.07, 6.45) is 0.286. The number of para-hydroxylation sites is 1. The van der Waals surface area contributed by atoms with Crippen molar-refractivity contribution in [3.8, 4) is 11.5 Å². The summed E-state index contributed by atoms with van der Waals surface area (Å²) in [5, 5.41) is 11.1. The van der Waals surface area contributed by atoms with Crippen LogP contribution in [0.15, 0.2) is 53.4 Å². The van der Waals surface area contributed by atoms with Crippen LogP contribution in [0, 0.1) is 0 Å². The zero-order valence-electron chi connectivity index (χ0n) is 19.9. The van der Waals surface area contributed by atoms with Crippen LogP contribution in [-0.4, -0.2) is 79.9 Å². The normalized spacial score (nSPS) is 22.9. The molecule has 2 heterocycles. The minimum absolute atomic E-state index is 0.0426. The molecule has 2 atom stereocenters. The van der Waals surface area contributed by atoms with Crippen molar-refractivity contribution in [2.45, 2.75) is 35.5 Å². The summed E-state index contributed by atoms with van der Waals surface area (Å²) in [4.78, 5) is 18.8. The number of hydrogen-bond donors (Lipinski definition) is 1. The zero-order valence-corrected chi connectivity index (χ0v) is 20.8. The molecule has 0 aromatic heterocycles. The second kappa shape index (κ2) is 11.3. The number of methoxy groups -OCH3 is 1. The molecule has 0 amide bonds. The van der Waals surface area contributed by atoms with E-state index < -0.39 is 10.9 Å². The second-order valence-corrected chi connectivity index (χ2v) is 9.99. The van der Waals surface area contributed by atoms with E-state index in [1.165, 1.54) is 17.4 Å². The van der Waals surface area contributed by atoms with E-state index in [4.69, 9.17) is 14.2 Å². The standard InChI is InChI=1S/C26H34N2O5S/c1-3-32-25(30)26(24(29)19-33-22-11-10-21(31-2)18-23(22)34-26)12-7-13-27-14-16-28(17-15-27)20-8-5-4-6-9-20/h4-6,8-11,18,24,29H,3,7,12-17,19H2,1-2H3. The van der Waals surface area contributed by atoms with E-state index >= 15 is 0 Å². The molecule has 0 aliphatic carbocycles. The van der Waals surface area contributed by atoms with Crippen molar-refractivity contribution in [2.24, 2.45) is 0 Å². The monoisotopic (exact) mass is 486 g/mol. The van der Waals surface area contributed by atoms with E-state index in [9.17, 15) is 9.90 Å². The first-order valence-corrected chi connectivity index (χ1v) is 12.7. The third kappa shape index (κ3) is 5.45. The molecule has 1 fully saturated rings. The van der Waals surface area contributed by atoms with Gasteiger partial charge in [0.05, 0.1) is 18.6 Å². The van der Waals surface area contributed by atoms with Gasteiger partial charge >= 0.3 is 5.97 Å². The average molecular weight is 487 g/mol. The third-order valence-electron chi connectivity index (χ3n) is 6.52. The van der Waals surface area contributed by atoms with Crippen molar-refractivity contribution in [1.29, 1.82) is 0 Å². The lowest BCUT2D eigenvalue weighted by Gasteiger charge is -2.37. The molecule has 0 spiro atoms. The fourth-order valence-corrected chi connectivity index (χ4v) is 5.95. The van der Waals surface area contributed by atoms with Gasteiger partial charge in [0.1, 0.15) is 29.0 Å². The average Bonchev–Trinajstić information content (AvgIpc) is 3.01. The highest BCUT2D eigenvalue weighted by molar-refractivity contribution is 8.01. The van der Waals surface area contributed by atoms with Crippen LogP contribution in [0.4, 0.5) is 5.69 Å². The van der Waals surface area contributed by atoms with E-state index in [-0.39, 0.29) is 19.2 Å². The molecule has 0 radical (unpaired) electrons. The number of carbonyl (C=O) groups is 1. The smallest absolute Gasteiger partial charge is 0.325 e. The van der Waals surface area contributed by atoms with Crippen molar-refractivity contribution in [1.82, 2.24) is 4.90 Å². The van der Waals surface area contributed by atoms with Crippen LogP contribution in [0.25, 0.3) is 0 Å². The number of carbonyl (C=O) groups excluding carboxylic acids is 1. The van der Waals surface area contributed by atoms with Crippen molar-refractivity contribution in [3.63, 3.8) is 0 Å². The highest BCUT2D eigenvalue weighted by atomic mass is 32.2. The van der Waals surface area contributed by atoms with Gasteiger partial charge in [0.25, 0.3) is 0 Å². The number of nitrogens with zero attached hydrogens (tertiary/aromatic N) is 2. The maximum atomic E-state index is 13.2. The minimum atomic E-state index is -1.13. The number of aliphatic hydroxyl groups is 1. The van der Waals surface area contributed by atoms with E-state index in [1.54, 1.807) is 14.0 Å². The molecule has 2 aliphatic rings. The predicted octanol–water partition coefficient (Wildman–Crippen LogP) is 3.44. The zero-order chi connectivity index (χ0) is 24.0. The summed E-state index contributed by atoms with van der Waals surface area (Å²) >= 11 is 1.34. The molecule has 184 valence electrons. The summed E-state index contributed by atoms with van der Waals surface area (Å²) in [6, 6.07) is 16.0. The molecule has 1 N–H and O–H groups in total. The molecule has 2 aromatic carbocycles. The Kier molecular flexibility index (Phi) is 8.24. The Balaban J connectivity index is 1.42. The number of piperazine rings is 1. The van der Waals surface area contributed by atoms with E-state index in [2.05, 4.69) is 34.1 Å². The lowest BCUT2D eigenvalue weighted by molar-refractivity contribution is -0.150. The number of hydrogen-bond acceptors (Lipinski definition) is 8. The van der Waals surface area contributed by atoms with Gasteiger partial charge in [-0.1, -0.05) is 18.2 Å². The molecule has 7 nitrogen and oxygen atoms in total. The topological polar surface area (TPSA) is 71.5 Å². The minimum Gasteiger partial charge on any atom is -0.497 e. The van der Waals surface area contributed by atoms with Gasteiger partial charge in [-0.05, 0) is 56.6 Å². The number of esters is 1. The Hall–Kier alpha value is -2.42. The van der Waals surface area contributed by atoms with Crippen LogP contribution in [0.1, 0.15) is 19.8 Å². The number of ether oxygens (including phenoxy) is 3. The van der Waals surface area contributed by atoms with Gasteiger partial charge in [-0.15, -0.1) is 11.8 Å². The number of fused-ring (bicyclic) bond motifs is 1. The van der Waals surface area contributed by atoms with Crippen LogP contribution < -0.4 is 14.4 Å². The second-order valence-electron chi connectivity index (χ2n) is 8.62. The number of aliphatic hydroxyl groups excluding tert-OH is 1. The summed E-state index contributed by atoms with van der Waals surface area (Å²) < 4.78 is 15.5. The third-order valence-corrected chi connectivity index (χ3v) is 8.06. The van der Waals surface area contributed by atoms with Crippen molar-refractivity contribution in [2.75, 3.05) is 57.9 Å². The molecule has 0 bridgehead atoms. The van der Waals surface area contributed by atoms with Crippen molar-refractivity contribution >= 4 is 23.4 Å². The number of thioether (sulfide) groups is 1. The summed E-state index contributed by atoms with van der Waals surface area (Å²) in [5.41, 5.74) is 1.26. The fraction of sp³-hybridized carbons (Fsp3) is 0.500. The van der Waals surface area contributed by atoms with E-state index in [0.717, 1.165) is 44.0 Å². The summed E-state index contributed by atoms with van der Waals surface area (Å²) in [7, 11) is 1.61. The Morgan fingerprint density at radius 3 is 2.65 bits per heavy atom. The molecule has 0 saturated carbocycles. The molecule has 34 heavy (non-hydrogen) atoms. The largest absolute Gasteiger partial charge is 0.497 e. The SMILES string of the molecule is CCOC(=O)C1(CCCN2CCN(c3ccccc3)CC2)Sc2cc(OC)ccc2OCC1O. The van der Waals surface area contributed by atoms with Crippen molar-refractivity contribution in [3.05, 3.63) is 48.5 Å². The van der Waals surface area contributed by atoms with E-state index in [1.807, 2.05) is 24.3 Å². The van der Waals surface area contributed by atoms with Crippen LogP contribution in [-0.2, 0) is 9.53 Å². The van der Waals surface area contributed by atoms with Crippen LogP contribution in [0.5, 0.6) is 11.5 Å². The van der Waals surface area contributed by atoms with Gasteiger partial charge in [-0.25, -0.2) is 0 Å². The Bertz CT molecular complexity index is 951. The van der Waals surface area contributed by atoms with Crippen molar-refractivity contribution < 1.29 is 24.1 Å². The highest BCUT2D eigenvalue weighted by Crippen LogP contribution is 2.47. The fourth-order valence-electron chi connectivity index (χ4n) is 4.57. The molecule has 2 aromatic rings. The molecule has 4 rings (SSSR count). The number of benzene rings is 2. The van der Waals surface area contributed by atoms with Gasteiger partial charge in [-0.2, -0.15) is 0 Å². The molecule has 1 saturated heterocycles. The number of anilines is 1. The molecular formula is C26H34N2O5S. The first-order chi connectivity index (χ1) is 16.6. The molecule has 2 unspecified atom stereocenters. The number of rotatable bonds is 8. The van der Waals surface area contributed by atoms with Gasteiger partial charge in [0.2, 0.25) is 0 Å². The Labute approximate surface area is 206 Å². The molecular weight excluding hydrogens is 452 g/mol. The van der Waals surface area contributed by atoms with Gasteiger partial charge in [0.15, 0.2) is 0 Å². The lowest BCUT2D eigenvalue weighted by atomic mass is 9.95. The van der Waals surface area contributed by atoms with E-state index in [0.29, 0.717) is 17.9 Å². The summed E-state index contributed by atoms with van der Waals surface area (Å²) in [5.74, 6) is 0.939. The summed E-state index contributed by atoms with van der Waals surface area (Å²) in [6.45, 7) is 6.86. The van der Waals surface area contributed by atoms with Crippen LogP contribution in [0.2, 0.25) is 0 Å². The van der Waals surface area contributed by atoms with Gasteiger partial charge in [0, 0.05) is 31.9 Å². The predicted molar refractivity (Wildman–Crippen MR) is 134 cm³/mol. The maximum Gasteiger partial charge on any atom is 0.325 e. The van der Waals surface area contributed by atoms with Gasteiger partial charge in [-0.3, -0.25) is 9.69 Å². The Morgan fingerprint density at radius 2 is 1.94 bits per heavy atom. The lowest BCUT2D eigenvalue weighted by Crippen LogP contribution is -2.50. The van der Waals surface area contributed by atoms with Crippen LogP contribution in [0.3, 0.4) is 0 Å². The molecule has 2 aliphatic heterocycles. The Morgan fingerprint density at radius 1 is 1.18 bits per heavy atom. The van der Waals surface area contributed by atoms with Gasteiger partial charge < -0.3 is 24.2 Å². The van der Waals surface area contributed by atoms with Crippen LogP contribution >= 0.6 is 11.8 Å². The molecule has 8 heteroatoms. The maximum absolute atomic E-state index is 13.2. The first-order valence-electron chi connectivity index (χ1n) is 11.9. The first kappa shape index (κ1) is 24.7. The quantitative estimate of drug-likeness (QED) is 0.569. The highest BCUT2D eigenvalue weighted by Gasteiger charge is 2.49.